The number of carbonyl (C=O) groups is 1. The highest BCUT2D eigenvalue weighted by molar-refractivity contribution is 8.00. The lowest BCUT2D eigenvalue weighted by molar-refractivity contribution is -0.284. The number of hydrogen-bond donors (Lipinski definition) is 0. The monoisotopic (exact) mass is 364 g/mol. The molecule has 2 nitrogen and oxygen atoms in total. The van der Waals surface area contributed by atoms with Gasteiger partial charge in [0.2, 0.25) is 0 Å². The number of alkyl halides is 5. The topological polar surface area (TPSA) is 26.3 Å². The fourth-order valence-electron chi connectivity index (χ4n) is 1.73. The maximum absolute atomic E-state index is 12.8. The molecule has 0 aliphatic carbocycles. The van der Waals surface area contributed by atoms with Gasteiger partial charge in [0.15, 0.2) is 0 Å². The van der Waals surface area contributed by atoms with Crippen LogP contribution in [0.25, 0.3) is 0 Å². The second kappa shape index (κ2) is 11.1. The van der Waals surface area contributed by atoms with Crippen molar-refractivity contribution < 1.29 is 31.5 Å². The Morgan fingerprint density at radius 2 is 1.65 bits per heavy atom. The smallest absolute Gasteiger partial charge is 0.453 e. The Labute approximate surface area is 138 Å². The van der Waals surface area contributed by atoms with Gasteiger partial charge in [-0.2, -0.15) is 22.0 Å². The molecule has 23 heavy (non-hydrogen) atoms. The van der Waals surface area contributed by atoms with Crippen LogP contribution in [0.3, 0.4) is 0 Å². The van der Waals surface area contributed by atoms with E-state index in [1.54, 1.807) is 0 Å². The van der Waals surface area contributed by atoms with Crippen molar-refractivity contribution in [3.63, 3.8) is 0 Å². The van der Waals surface area contributed by atoms with Crippen LogP contribution in [0.5, 0.6) is 0 Å². The number of rotatable bonds is 12. The van der Waals surface area contributed by atoms with Crippen LogP contribution in [-0.4, -0.2) is 35.7 Å². The van der Waals surface area contributed by atoms with Crippen LogP contribution in [0.15, 0.2) is 0 Å². The van der Waals surface area contributed by atoms with Gasteiger partial charge < -0.3 is 4.74 Å². The largest absolute Gasteiger partial charge is 0.465 e. The molecule has 0 heterocycles. The average molecular weight is 364 g/mol. The van der Waals surface area contributed by atoms with E-state index in [2.05, 4.69) is 0 Å². The first kappa shape index (κ1) is 22.5. The van der Waals surface area contributed by atoms with E-state index >= 15 is 0 Å². The number of hydrogen-bond acceptors (Lipinski definition) is 3. The zero-order valence-electron chi connectivity index (χ0n) is 13.6. The molecule has 0 aliphatic heterocycles. The fourth-order valence-corrected chi connectivity index (χ4v) is 2.86. The third kappa shape index (κ3) is 9.37. The fraction of sp³-hybridized carbons (Fsp3) is 0.933. The molecule has 0 bridgehead atoms. The lowest BCUT2D eigenvalue weighted by Gasteiger charge is -2.20. The number of ether oxygens (including phenoxy) is 1. The van der Waals surface area contributed by atoms with Crippen LogP contribution in [-0.2, 0) is 9.53 Å². The summed E-state index contributed by atoms with van der Waals surface area (Å²) in [5, 5.41) is -0.494. The molecule has 0 aromatic heterocycles. The Balaban J connectivity index is 4.26. The molecule has 138 valence electrons. The minimum Gasteiger partial charge on any atom is -0.465 e. The zero-order chi connectivity index (χ0) is 17.9. The van der Waals surface area contributed by atoms with E-state index in [-0.39, 0.29) is 12.2 Å². The molecule has 0 rings (SSSR count). The molecule has 0 radical (unpaired) electrons. The van der Waals surface area contributed by atoms with Gasteiger partial charge in [-0.15, -0.1) is 11.8 Å². The van der Waals surface area contributed by atoms with Crippen LogP contribution in [0, 0.1) is 0 Å². The van der Waals surface area contributed by atoms with Crippen molar-refractivity contribution in [1.82, 2.24) is 0 Å². The molecule has 1 unspecified atom stereocenters. The zero-order valence-corrected chi connectivity index (χ0v) is 14.4. The summed E-state index contributed by atoms with van der Waals surface area (Å²) in [6.07, 6.45) is -3.26. The van der Waals surface area contributed by atoms with Crippen LogP contribution < -0.4 is 0 Å². The first-order chi connectivity index (χ1) is 10.7. The van der Waals surface area contributed by atoms with Gasteiger partial charge in [0, 0.05) is 6.42 Å². The Morgan fingerprint density at radius 1 is 1.04 bits per heavy atom. The van der Waals surface area contributed by atoms with Crippen LogP contribution in [0.1, 0.15) is 58.8 Å². The van der Waals surface area contributed by atoms with E-state index in [4.69, 9.17) is 4.74 Å². The predicted molar refractivity (Wildman–Crippen MR) is 81.9 cm³/mol. The first-order valence-corrected chi connectivity index (χ1v) is 8.93. The quantitative estimate of drug-likeness (QED) is 0.256. The minimum atomic E-state index is -5.52. The van der Waals surface area contributed by atoms with Gasteiger partial charge in [-0.3, -0.25) is 4.79 Å². The molecule has 1 atom stereocenters. The van der Waals surface area contributed by atoms with Gasteiger partial charge in [0.1, 0.15) is 5.25 Å². The maximum Gasteiger partial charge on any atom is 0.453 e. The molecule has 0 saturated carbocycles. The van der Waals surface area contributed by atoms with Gasteiger partial charge in [-0.25, -0.2) is 0 Å². The van der Waals surface area contributed by atoms with Gasteiger partial charge in [-0.1, -0.05) is 33.1 Å². The summed E-state index contributed by atoms with van der Waals surface area (Å²) in [5.74, 6) is -5.00. The maximum atomic E-state index is 12.8. The van der Waals surface area contributed by atoms with Crippen molar-refractivity contribution in [1.29, 1.82) is 0 Å². The van der Waals surface area contributed by atoms with Crippen LogP contribution in [0.2, 0.25) is 0 Å². The molecule has 0 aromatic rings. The van der Waals surface area contributed by atoms with Crippen molar-refractivity contribution >= 4 is 17.7 Å². The van der Waals surface area contributed by atoms with Crippen molar-refractivity contribution in [3.05, 3.63) is 0 Å². The molecule has 0 N–H and O–H groups in total. The summed E-state index contributed by atoms with van der Waals surface area (Å²) < 4.78 is 66.9. The second-order valence-electron chi connectivity index (χ2n) is 5.33. The molecular formula is C15H25F5O2S. The summed E-state index contributed by atoms with van der Waals surface area (Å²) in [6.45, 7) is 4.22. The summed E-state index contributed by atoms with van der Waals surface area (Å²) in [4.78, 5) is 11.9. The summed E-state index contributed by atoms with van der Waals surface area (Å²) in [6, 6.07) is 0. The SMILES string of the molecule is CCCCOC(=O)C(CCCC)SCCCC(F)(F)C(F)(F)F. The van der Waals surface area contributed by atoms with E-state index in [1.165, 1.54) is 0 Å². The second-order valence-corrected chi connectivity index (χ2v) is 6.64. The normalized spacial score (nSPS) is 13.9. The van der Waals surface area contributed by atoms with Crippen molar-refractivity contribution in [2.45, 2.75) is 76.1 Å². The molecule has 8 heteroatoms. The minimum absolute atomic E-state index is 0.0723. The third-order valence-corrected chi connectivity index (χ3v) is 4.55. The molecule has 0 spiro atoms. The van der Waals surface area contributed by atoms with E-state index < -0.39 is 29.7 Å². The van der Waals surface area contributed by atoms with Gasteiger partial charge in [0.25, 0.3) is 0 Å². The molecule has 0 amide bonds. The Bertz CT molecular complexity index is 334. The third-order valence-electron chi connectivity index (χ3n) is 3.19. The molecular weight excluding hydrogens is 339 g/mol. The molecule has 0 aliphatic rings. The lowest BCUT2D eigenvalue weighted by atomic mass is 10.2. The molecule has 0 aromatic carbocycles. The van der Waals surface area contributed by atoms with E-state index in [0.29, 0.717) is 13.0 Å². The number of carbonyl (C=O) groups excluding carboxylic acids is 1. The molecule has 0 fully saturated rings. The highest BCUT2D eigenvalue weighted by atomic mass is 32.2. The first-order valence-electron chi connectivity index (χ1n) is 7.88. The Hall–Kier alpha value is -0.530. The Kier molecular flexibility index (Phi) is 10.8. The van der Waals surface area contributed by atoms with Crippen LogP contribution >= 0.6 is 11.8 Å². The summed E-state index contributed by atoms with van der Waals surface area (Å²) in [5.41, 5.74) is 0. The van der Waals surface area contributed by atoms with E-state index in [9.17, 15) is 26.7 Å². The van der Waals surface area contributed by atoms with Gasteiger partial charge in [0.05, 0.1) is 6.61 Å². The van der Waals surface area contributed by atoms with E-state index in [1.807, 2.05) is 13.8 Å². The summed E-state index contributed by atoms with van der Waals surface area (Å²) in [7, 11) is 0. The van der Waals surface area contributed by atoms with Gasteiger partial charge in [-0.05, 0) is 25.0 Å². The van der Waals surface area contributed by atoms with Gasteiger partial charge >= 0.3 is 18.1 Å². The highest BCUT2D eigenvalue weighted by Crippen LogP contribution is 2.39. The number of esters is 1. The van der Waals surface area contributed by atoms with Crippen molar-refractivity contribution in [2.24, 2.45) is 0 Å². The average Bonchev–Trinajstić information content (AvgIpc) is 2.45. The molecule has 0 saturated heterocycles. The van der Waals surface area contributed by atoms with Crippen molar-refractivity contribution in [2.75, 3.05) is 12.4 Å². The Morgan fingerprint density at radius 3 is 2.17 bits per heavy atom. The van der Waals surface area contributed by atoms with Crippen molar-refractivity contribution in [3.8, 4) is 0 Å². The predicted octanol–water partition coefficient (Wildman–Crippen LogP) is 5.60. The van der Waals surface area contributed by atoms with E-state index in [0.717, 1.165) is 37.4 Å². The lowest BCUT2D eigenvalue weighted by Crippen LogP contribution is -2.36. The van der Waals surface area contributed by atoms with Crippen LogP contribution in [0.4, 0.5) is 22.0 Å². The number of halogens is 5. The summed E-state index contributed by atoms with van der Waals surface area (Å²) >= 11 is 1.10. The standard InChI is InChI=1S/C15H25F5O2S/c1-3-5-8-12(13(21)22-10-6-4-2)23-11-7-9-14(16,17)15(18,19)20/h12H,3-11H2,1-2H3. The number of unbranched alkanes of at least 4 members (excludes halogenated alkanes) is 2. The number of thioether (sulfide) groups is 1. The highest BCUT2D eigenvalue weighted by Gasteiger charge is 2.56.